The Labute approximate surface area is 143 Å². The van der Waals surface area contributed by atoms with Gasteiger partial charge in [0.25, 0.3) is 0 Å². The van der Waals surface area contributed by atoms with Crippen LogP contribution in [0.1, 0.15) is 57.8 Å². The van der Waals surface area contributed by atoms with Gasteiger partial charge in [-0.25, -0.2) is 4.79 Å². The van der Waals surface area contributed by atoms with Gasteiger partial charge in [-0.2, -0.15) is 0 Å². The van der Waals surface area contributed by atoms with Crippen molar-refractivity contribution >= 4 is 23.3 Å². The summed E-state index contributed by atoms with van der Waals surface area (Å²) in [6.07, 6.45) is 9.96. The SMILES string of the molecule is O=C(Nc1ccc(N2CCCC2=O)cc1)NC1CCCCCCC1. The van der Waals surface area contributed by atoms with E-state index in [4.69, 9.17) is 0 Å². The summed E-state index contributed by atoms with van der Waals surface area (Å²) in [5, 5.41) is 6.00. The van der Waals surface area contributed by atoms with E-state index in [1.54, 1.807) is 4.90 Å². The van der Waals surface area contributed by atoms with Crippen LogP contribution >= 0.6 is 0 Å². The molecule has 3 amide bonds. The molecule has 1 heterocycles. The van der Waals surface area contributed by atoms with Crippen LogP contribution in [0.4, 0.5) is 16.2 Å². The Balaban J connectivity index is 1.51. The Bertz CT molecular complexity index is 562. The molecule has 130 valence electrons. The minimum absolute atomic E-state index is 0.134. The zero-order chi connectivity index (χ0) is 16.8. The van der Waals surface area contributed by atoms with Gasteiger partial charge >= 0.3 is 6.03 Å². The zero-order valence-electron chi connectivity index (χ0n) is 14.2. The lowest BCUT2D eigenvalue weighted by molar-refractivity contribution is -0.117. The van der Waals surface area contributed by atoms with Crippen LogP contribution in [0.25, 0.3) is 0 Å². The Hall–Kier alpha value is -2.04. The summed E-state index contributed by atoms with van der Waals surface area (Å²) in [5.41, 5.74) is 1.66. The molecule has 1 aliphatic heterocycles. The lowest BCUT2D eigenvalue weighted by atomic mass is 9.97. The van der Waals surface area contributed by atoms with Gasteiger partial charge in [0.15, 0.2) is 0 Å². The third kappa shape index (κ3) is 4.49. The highest BCUT2D eigenvalue weighted by molar-refractivity contribution is 5.96. The Morgan fingerprint density at radius 2 is 1.62 bits per heavy atom. The first-order valence-corrected chi connectivity index (χ1v) is 9.20. The van der Waals surface area contributed by atoms with Gasteiger partial charge in [-0.1, -0.05) is 32.1 Å². The second-order valence-corrected chi connectivity index (χ2v) is 6.84. The maximum absolute atomic E-state index is 12.2. The van der Waals surface area contributed by atoms with Crippen molar-refractivity contribution in [3.63, 3.8) is 0 Å². The van der Waals surface area contributed by atoms with Crippen LogP contribution in [-0.4, -0.2) is 24.5 Å². The van der Waals surface area contributed by atoms with Crippen molar-refractivity contribution in [3.05, 3.63) is 24.3 Å². The summed E-state index contributed by atoms with van der Waals surface area (Å²) in [6.45, 7) is 0.785. The molecule has 1 aliphatic carbocycles. The lowest BCUT2D eigenvalue weighted by Crippen LogP contribution is -2.38. The minimum Gasteiger partial charge on any atom is -0.335 e. The molecule has 24 heavy (non-hydrogen) atoms. The fraction of sp³-hybridized carbons (Fsp3) is 0.579. The number of nitrogens with zero attached hydrogens (tertiary/aromatic N) is 1. The first-order valence-electron chi connectivity index (χ1n) is 9.20. The number of anilines is 2. The van der Waals surface area contributed by atoms with Crippen LogP contribution in [0.2, 0.25) is 0 Å². The van der Waals surface area contributed by atoms with Gasteiger partial charge in [0.05, 0.1) is 0 Å². The van der Waals surface area contributed by atoms with Crippen molar-refractivity contribution in [2.75, 3.05) is 16.8 Å². The number of hydrogen-bond acceptors (Lipinski definition) is 2. The largest absolute Gasteiger partial charge is 0.335 e. The molecule has 1 saturated carbocycles. The number of carbonyl (C=O) groups excluding carboxylic acids is 2. The first kappa shape index (κ1) is 16.8. The molecular weight excluding hydrogens is 302 g/mol. The molecule has 2 aliphatic rings. The molecule has 3 rings (SSSR count). The van der Waals surface area contributed by atoms with E-state index in [1.165, 1.54) is 32.1 Å². The molecule has 0 unspecified atom stereocenters. The van der Waals surface area contributed by atoms with E-state index >= 15 is 0 Å². The van der Waals surface area contributed by atoms with Crippen molar-refractivity contribution in [1.82, 2.24) is 5.32 Å². The lowest BCUT2D eigenvalue weighted by Gasteiger charge is -2.21. The molecule has 1 saturated heterocycles. The fourth-order valence-corrected chi connectivity index (χ4v) is 3.60. The Morgan fingerprint density at radius 3 is 2.25 bits per heavy atom. The molecule has 2 N–H and O–H groups in total. The number of benzene rings is 1. The first-order chi connectivity index (χ1) is 11.7. The maximum Gasteiger partial charge on any atom is 0.319 e. The summed E-state index contributed by atoms with van der Waals surface area (Å²) < 4.78 is 0. The maximum atomic E-state index is 12.2. The molecular formula is C19H27N3O2. The van der Waals surface area contributed by atoms with Crippen LogP contribution in [0, 0.1) is 0 Å². The van der Waals surface area contributed by atoms with Crippen LogP contribution in [0.5, 0.6) is 0 Å². The van der Waals surface area contributed by atoms with E-state index in [0.717, 1.165) is 37.2 Å². The number of nitrogens with one attached hydrogen (secondary N) is 2. The molecule has 0 atom stereocenters. The standard InChI is InChI=1S/C19H27N3O2/c23-18-9-6-14-22(18)17-12-10-16(11-13-17)21-19(24)20-15-7-4-2-1-3-5-8-15/h10-13,15H,1-9,14H2,(H2,20,21,24). The predicted octanol–water partition coefficient (Wildman–Crippen LogP) is 4.05. The second kappa shape index (κ2) is 8.18. The van der Waals surface area contributed by atoms with Gasteiger partial charge in [-0.15, -0.1) is 0 Å². The molecule has 0 aromatic heterocycles. The number of carbonyl (C=O) groups is 2. The average molecular weight is 329 g/mol. The van der Waals surface area contributed by atoms with Gasteiger partial charge in [0.1, 0.15) is 0 Å². The van der Waals surface area contributed by atoms with Crippen LogP contribution in [0.15, 0.2) is 24.3 Å². The molecule has 0 bridgehead atoms. The monoisotopic (exact) mass is 329 g/mol. The van der Waals surface area contributed by atoms with E-state index in [2.05, 4.69) is 10.6 Å². The van der Waals surface area contributed by atoms with Crippen molar-refractivity contribution < 1.29 is 9.59 Å². The van der Waals surface area contributed by atoms with Crippen molar-refractivity contribution in [3.8, 4) is 0 Å². The van der Waals surface area contributed by atoms with Crippen molar-refractivity contribution in [1.29, 1.82) is 0 Å². The van der Waals surface area contributed by atoms with Gasteiger partial charge < -0.3 is 15.5 Å². The average Bonchev–Trinajstić information content (AvgIpc) is 2.97. The topological polar surface area (TPSA) is 61.4 Å². The third-order valence-corrected chi connectivity index (χ3v) is 4.95. The van der Waals surface area contributed by atoms with E-state index in [0.29, 0.717) is 6.42 Å². The van der Waals surface area contributed by atoms with Crippen molar-refractivity contribution in [2.24, 2.45) is 0 Å². The van der Waals surface area contributed by atoms with Crippen LogP contribution in [0.3, 0.4) is 0 Å². The molecule has 1 aromatic rings. The van der Waals surface area contributed by atoms with E-state index in [-0.39, 0.29) is 18.0 Å². The molecule has 1 aromatic carbocycles. The van der Waals surface area contributed by atoms with Crippen molar-refractivity contribution in [2.45, 2.75) is 63.8 Å². The van der Waals surface area contributed by atoms with Gasteiger partial charge in [0, 0.05) is 30.4 Å². The van der Waals surface area contributed by atoms with Gasteiger partial charge in [-0.3, -0.25) is 4.79 Å². The molecule has 0 radical (unpaired) electrons. The molecule has 2 fully saturated rings. The number of amides is 3. The smallest absolute Gasteiger partial charge is 0.319 e. The normalized spacial score (nSPS) is 19.7. The molecule has 0 spiro atoms. The Morgan fingerprint density at radius 1 is 0.958 bits per heavy atom. The number of rotatable bonds is 3. The highest BCUT2D eigenvalue weighted by atomic mass is 16.2. The quantitative estimate of drug-likeness (QED) is 0.879. The summed E-state index contributed by atoms with van der Waals surface area (Å²) in [4.78, 5) is 25.7. The second-order valence-electron chi connectivity index (χ2n) is 6.84. The van der Waals surface area contributed by atoms with Crippen LogP contribution in [-0.2, 0) is 4.79 Å². The predicted molar refractivity (Wildman–Crippen MR) is 96.3 cm³/mol. The van der Waals surface area contributed by atoms with Gasteiger partial charge in [0.2, 0.25) is 5.91 Å². The van der Waals surface area contributed by atoms with Gasteiger partial charge in [-0.05, 0) is 43.5 Å². The summed E-state index contributed by atoms with van der Waals surface area (Å²) in [6, 6.07) is 7.66. The van der Waals surface area contributed by atoms with Crippen LogP contribution < -0.4 is 15.5 Å². The molecule has 5 heteroatoms. The third-order valence-electron chi connectivity index (χ3n) is 4.95. The molecule has 5 nitrogen and oxygen atoms in total. The Kier molecular flexibility index (Phi) is 5.72. The minimum atomic E-state index is -0.134. The van der Waals surface area contributed by atoms with E-state index in [1.807, 2.05) is 24.3 Å². The summed E-state index contributed by atoms with van der Waals surface area (Å²) in [7, 11) is 0. The summed E-state index contributed by atoms with van der Waals surface area (Å²) in [5.74, 6) is 0.178. The highest BCUT2D eigenvalue weighted by Crippen LogP contribution is 2.23. The van der Waals surface area contributed by atoms with E-state index in [9.17, 15) is 9.59 Å². The zero-order valence-corrected chi connectivity index (χ0v) is 14.2. The fourth-order valence-electron chi connectivity index (χ4n) is 3.60. The number of urea groups is 1. The summed E-state index contributed by atoms with van der Waals surface area (Å²) >= 11 is 0. The highest BCUT2D eigenvalue weighted by Gasteiger charge is 2.21. The van der Waals surface area contributed by atoms with E-state index < -0.39 is 0 Å². The number of hydrogen-bond donors (Lipinski definition) is 2.